The van der Waals surface area contributed by atoms with E-state index in [1.54, 1.807) is 0 Å². The van der Waals surface area contributed by atoms with Crippen LogP contribution in [0.2, 0.25) is 5.02 Å². The molecule has 0 atom stereocenters. The Morgan fingerprint density at radius 2 is 2.24 bits per heavy atom. The maximum Gasteiger partial charge on any atom is 0.254 e. The fourth-order valence-electron chi connectivity index (χ4n) is 1.88. The van der Waals surface area contributed by atoms with E-state index in [0.29, 0.717) is 5.33 Å². The van der Waals surface area contributed by atoms with Crippen molar-refractivity contribution in [2.75, 3.05) is 5.33 Å². The smallest absolute Gasteiger partial charge is 0.254 e. The van der Waals surface area contributed by atoms with Gasteiger partial charge in [-0.2, -0.15) is 0 Å². The molecule has 1 N–H and O–H groups in total. The quantitative estimate of drug-likeness (QED) is 0.848. The molecule has 2 nitrogen and oxygen atoms in total. The number of hydrogen-bond acceptors (Lipinski definition) is 1. The normalized spacial score (nSPS) is 17.4. The summed E-state index contributed by atoms with van der Waals surface area (Å²) >= 11 is 9.03. The number of nitrogens with one attached hydrogen (secondary N) is 1. The minimum absolute atomic E-state index is 0.0432. The van der Waals surface area contributed by atoms with Gasteiger partial charge in [-0.1, -0.05) is 27.5 Å². The molecule has 1 fully saturated rings. The van der Waals surface area contributed by atoms with Crippen LogP contribution >= 0.6 is 27.5 Å². The van der Waals surface area contributed by atoms with Gasteiger partial charge >= 0.3 is 0 Å². The van der Waals surface area contributed by atoms with Crippen molar-refractivity contribution in [2.24, 2.45) is 0 Å². The van der Waals surface area contributed by atoms with Crippen molar-refractivity contribution in [3.8, 4) is 0 Å². The molecule has 0 radical (unpaired) electrons. The third-order valence-electron chi connectivity index (χ3n) is 3.12. The van der Waals surface area contributed by atoms with Crippen molar-refractivity contribution in [3.05, 3.63) is 34.6 Å². The van der Waals surface area contributed by atoms with E-state index in [2.05, 4.69) is 21.2 Å². The van der Waals surface area contributed by atoms with Crippen LogP contribution in [0.5, 0.6) is 0 Å². The average molecular weight is 321 g/mol. The summed E-state index contributed by atoms with van der Waals surface area (Å²) in [6.45, 7) is 0. The molecular weight excluding hydrogens is 308 g/mol. The lowest BCUT2D eigenvalue weighted by atomic mass is 9.78. The zero-order valence-corrected chi connectivity index (χ0v) is 11.4. The molecule has 0 heterocycles. The van der Waals surface area contributed by atoms with Crippen LogP contribution in [-0.4, -0.2) is 16.8 Å². The summed E-state index contributed by atoms with van der Waals surface area (Å²) in [7, 11) is 0. The molecule has 5 heteroatoms. The third-order valence-corrected chi connectivity index (χ3v) is 4.43. The molecule has 1 aromatic carbocycles. The van der Waals surface area contributed by atoms with Gasteiger partial charge in [0.25, 0.3) is 5.91 Å². The molecule has 2 rings (SSSR count). The van der Waals surface area contributed by atoms with Gasteiger partial charge in [0.15, 0.2) is 0 Å². The van der Waals surface area contributed by atoms with E-state index in [-0.39, 0.29) is 22.0 Å². The largest absolute Gasteiger partial charge is 0.346 e. The second-order valence-corrected chi connectivity index (χ2v) is 5.34. The van der Waals surface area contributed by atoms with Crippen molar-refractivity contribution in [1.82, 2.24) is 5.32 Å². The van der Waals surface area contributed by atoms with Crippen LogP contribution in [0.1, 0.15) is 29.6 Å². The van der Waals surface area contributed by atoms with Crippen LogP contribution < -0.4 is 5.32 Å². The Morgan fingerprint density at radius 1 is 1.53 bits per heavy atom. The van der Waals surface area contributed by atoms with Crippen LogP contribution in [0, 0.1) is 5.82 Å². The highest BCUT2D eigenvalue weighted by Crippen LogP contribution is 2.33. The van der Waals surface area contributed by atoms with Crippen molar-refractivity contribution in [3.63, 3.8) is 0 Å². The first-order valence-corrected chi connectivity index (χ1v) is 6.90. The SMILES string of the molecule is O=C(NC1(CBr)CCC1)c1ccc(Cl)cc1F. The molecule has 0 spiro atoms. The molecule has 0 bridgehead atoms. The zero-order valence-electron chi connectivity index (χ0n) is 9.10. The Bertz CT molecular complexity index is 443. The minimum Gasteiger partial charge on any atom is -0.346 e. The monoisotopic (exact) mass is 319 g/mol. The molecule has 0 saturated heterocycles. The topological polar surface area (TPSA) is 29.1 Å². The molecule has 0 aromatic heterocycles. The lowest BCUT2D eigenvalue weighted by Gasteiger charge is -2.41. The number of hydrogen-bond donors (Lipinski definition) is 1. The van der Waals surface area contributed by atoms with Crippen LogP contribution in [0.4, 0.5) is 4.39 Å². The second-order valence-electron chi connectivity index (χ2n) is 4.35. The Hall–Kier alpha value is -0.610. The standard InChI is InChI=1S/C12H12BrClFNO/c13-7-12(4-1-5-12)16-11(17)9-3-2-8(14)6-10(9)15/h2-3,6H,1,4-5,7H2,(H,16,17). The first-order valence-electron chi connectivity index (χ1n) is 5.40. The second kappa shape index (κ2) is 4.94. The highest BCUT2D eigenvalue weighted by atomic mass is 79.9. The van der Waals surface area contributed by atoms with Crippen molar-refractivity contribution in [1.29, 1.82) is 0 Å². The van der Waals surface area contributed by atoms with E-state index in [0.717, 1.165) is 25.3 Å². The van der Waals surface area contributed by atoms with Gasteiger partial charge in [0, 0.05) is 10.4 Å². The molecule has 0 unspecified atom stereocenters. The van der Waals surface area contributed by atoms with Gasteiger partial charge in [0.1, 0.15) is 5.82 Å². The van der Waals surface area contributed by atoms with Gasteiger partial charge in [0.05, 0.1) is 11.1 Å². The maximum atomic E-state index is 13.5. The fourth-order valence-corrected chi connectivity index (χ4v) is 2.74. The molecule has 1 aliphatic rings. The van der Waals surface area contributed by atoms with Gasteiger partial charge in [-0.05, 0) is 37.5 Å². The zero-order chi connectivity index (χ0) is 12.5. The predicted molar refractivity (Wildman–Crippen MR) is 69.3 cm³/mol. The molecule has 1 amide bonds. The number of benzene rings is 1. The lowest BCUT2D eigenvalue weighted by Crippen LogP contribution is -2.55. The summed E-state index contributed by atoms with van der Waals surface area (Å²) < 4.78 is 13.5. The van der Waals surface area contributed by atoms with E-state index in [9.17, 15) is 9.18 Å². The van der Waals surface area contributed by atoms with Crippen molar-refractivity contribution >= 4 is 33.4 Å². The maximum absolute atomic E-state index is 13.5. The summed E-state index contributed by atoms with van der Waals surface area (Å²) in [5.74, 6) is -0.961. The number of alkyl halides is 1. The lowest BCUT2D eigenvalue weighted by molar-refractivity contribution is 0.0852. The van der Waals surface area contributed by atoms with Gasteiger partial charge in [-0.25, -0.2) is 4.39 Å². The van der Waals surface area contributed by atoms with Gasteiger partial charge in [-0.3, -0.25) is 4.79 Å². The molecular formula is C12H12BrClFNO. The summed E-state index contributed by atoms with van der Waals surface area (Å²) in [4.78, 5) is 11.9. The van der Waals surface area contributed by atoms with Gasteiger partial charge < -0.3 is 5.32 Å². The number of carbonyl (C=O) groups is 1. The fraction of sp³-hybridized carbons (Fsp3) is 0.417. The minimum atomic E-state index is -0.584. The Labute approximate surface area is 113 Å². The molecule has 1 saturated carbocycles. The number of halogens is 3. The van der Waals surface area contributed by atoms with Crippen molar-refractivity contribution < 1.29 is 9.18 Å². The van der Waals surface area contributed by atoms with Crippen LogP contribution in [0.3, 0.4) is 0 Å². The summed E-state index contributed by atoms with van der Waals surface area (Å²) in [6.07, 6.45) is 2.95. The average Bonchev–Trinajstić information content (AvgIpc) is 2.23. The Morgan fingerprint density at radius 3 is 2.71 bits per heavy atom. The molecule has 92 valence electrons. The van der Waals surface area contributed by atoms with E-state index >= 15 is 0 Å². The van der Waals surface area contributed by atoms with E-state index in [1.165, 1.54) is 12.1 Å². The number of rotatable bonds is 3. The van der Waals surface area contributed by atoms with Crippen LogP contribution in [-0.2, 0) is 0 Å². The molecule has 1 aliphatic carbocycles. The predicted octanol–water partition coefficient (Wildman–Crippen LogP) is 3.53. The van der Waals surface area contributed by atoms with Gasteiger partial charge in [0.2, 0.25) is 0 Å². The molecule has 1 aromatic rings. The highest BCUT2D eigenvalue weighted by molar-refractivity contribution is 9.09. The van der Waals surface area contributed by atoms with E-state index < -0.39 is 5.82 Å². The Balaban J connectivity index is 2.14. The van der Waals surface area contributed by atoms with Crippen LogP contribution in [0.25, 0.3) is 0 Å². The molecule has 17 heavy (non-hydrogen) atoms. The number of carbonyl (C=O) groups excluding carboxylic acids is 1. The van der Waals surface area contributed by atoms with Gasteiger partial charge in [-0.15, -0.1) is 0 Å². The van der Waals surface area contributed by atoms with E-state index in [4.69, 9.17) is 11.6 Å². The summed E-state index contributed by atoms with van der Waals surface area (Å²) in [5, 5.41) is 3.87. The van der Waals surface area contributed by atoms with Crippen molar-refractivity contribution in [2.45, 2.75) is 24.8 Å². The third kappa shape index (κ3) is 2.63. The Kier molecular flexibility index (Phi) is 3.73. The summed E-state index contributed by atoms with van der Waals surface area (Å²) in [6, 6.07) is 4.08. The first-order chi connectivity index (χ1) is 8.06. The number of amides is 1. The van der Waals surface area contributed by atoms with E-state index in [1.807, 2.05) is 0 Å². The molecule has 0 aliphatic heterocycles. The van der Waals surface area contributed by atoms with Crippen LogP contribution in [0.15, 0.2) is 18.2 Å². The summed E-state index contributed by atoms with van der Waals surface area (Å²) in [5.41, 5.74) is -0.162. The first kappa shape index (κ1) is 12.8. The highest BCUT2D eigenvalue weighted by Gasteiger charge is 2.37.